The predicted octanol–water partition coefficient (Wildman–Crippen LogP) is 5.46. The van der Waals surface area contributed by atoms with Gasteiger partial charge in [-0.25, -0.2) is 9.97 Å². The third-order valence-corrected chi connectivity index (χ3v) is 11.9. The van der Waals surface area contributed by atoms with Gasteiger partial charge in [-0.1, -0.05) is 26.0 Å². The molecule has 3 aliphatic heterocycles. The van der Waals surface area contributed by atoms with Crippen molar-refractivity contribution in [3.05, 3.63) is 60.1 Å². The van der Waals surface area contributed by atoms with Gasteiger partial charge in [0, 0.05) is 55.2 Å². The number of ether oxygens (including phenoxy) is 1. The van der Waals surface area contributed by atoms with E-state index in [9.17, 15) is 15.0 Å². The van der Waals surface area contributed by atoms with Gasteiger partial charge >= 0.3 is 5.97 Å². The minimum Gasteiger partial charge on any atom is -0.507 e. The van der Waals surface area contributed by atoms with Gasteiger partial charge in [0.1, 0.15) is 17.8 Å². The van der Waals surface area contributed by atoms with Gasteiger partial charge in [-0.15, -0.1) is 10.2 Å². The number of anilines is 3. The number of phenols is 1. The number of carboxylic acid groups (broad SMARTS) is 1. The van der Waals surface area contributed by atoms with Crippen molar-refractivity contribution < 1.29 is 24.3 Å². The number of nitrogens with two attached hydrogens (primary N) is 1. The Bertz CT molecular complexity index is 1870. The number of hydrogen-bond acceptors (Lipinski definition) is 13. The predicted molar refractivity (Wildman–Crippen MR) is 199 cm³/mol. The van der Waals surface area contributed by atoms with Gasteiger partial charge in [-0.3, -0.25) is 4.79 Å². The number of piperidine rings is 1. The number of rotatable bonds is 10. The van der Waals surface area contributed by atoms with Crippen LogP contribution >= 0.6 is 0 Å². The van der Waals surface area contributed by atoms with Crippen molar-refractivity contribution in [1.82, 2.24) is 30.2 Å². The molecular formula is C39H49N9O5. The van der Waals surface area contributed by atoms with Crippen molar-refractivity contribution >= 4 is 23.4 Å². The van der Waals surface area contributed by atoms with Gasteiger partial charge in [-0.2, -0.15) is 0 Å². The van der Waals surface area contributed by atoms with Crippen LogP contribution in [0, 0.1) is 5.92 Å². The van der Waals surface area contributed by atoms with E-state index in [-0.39, 0.29) is 29.9 Å². The summed E-state index contributed by atoms with van der Waals surface area (Å²) in [5.41, 5.74) is 9.64. The van der Waals surface area contributed by atoms with Crippen LogP contribution < -0.4 is 20.3 Å². The number of carbonyl (C=O) groups is 1. The van der Waals surface area contributed by atoms with Crippen molar-refractivity contribution in [2.75, 3.05) is 41.7 Å². The van der Waals surface area contributed by atoms with Gasteiger partial charge < -0.3 is 39.9 Å². The average Bonchev–Trinajstić information content (AvgIpc) is 3.72. The van der Waals surface area contributed by atoms with E-state index in [1.165, 1.54) is 5.56 Å². The molecule has 4 aromatic rings. The first-order chi connectivity index (χ1) is 25.7. The second kappa shape index (κ2) is 14.8. The van der Waals surface area contributed by atoms with E-state index >= 15 is 0 Å². The molecule has 3 saturated heterocycles. The summed E-state index contributed by atoms with van der Waals surface area (Å²) in [6.45, 7) is 7.42. The Labute approximate surface area is 309 Å². The summed E-state index contributed by atoms with van der Waals surface area (Å²) < 4.78 is 11.5. The van der Waals surface area contributed by atoms with Crippen molar-refractivity contribution in [3.63, 3.8) is 0 Å². The number of para-hydroxylation sites is 1. The van der Waals surface area contributed by atoms with Crippen LogP contribution in [0.15, 0.2) is 53.3 Å². The summed E-state index contributed by atoms with van der Waals surface area (Å²) >= 11 is 0. The molecular weight excluding hydrogens is 674 g/mol. The van der Waals surface area contributed by atoms with E-state index in [0.29, 0.717) is 40.7 Å². The lowest BCUT2D eigenvalue weighted by Crippen LogP contribution is -2.54. The largest absolute Gasteiger partial charge is 0.507 e. The molecule has 1 saturated carbocycles. The number of piperazine rings is 1. The number of phenolic OH excluding ortho intramolecular Hbond substituents is 1. The fraction of sp³-hybridized carbons (Fsp3) is 0.538. The zero-order chi connectivity index (χ0) is 36.6. The fourth-order valence-electron chi connectivity index (χ4n) is 9.07. The maximum atomic E-state index is 11.7. The van der Waals surface area contributed by atoms with Gasteiger partial charge in [0.2, 0.25) is 5.95 Å². The molecule has 14 heteroatoms. The second-order valence-electron chi connectivity index (χ2n) is 15.5. The summed E-state index contributed by atoms with van der Waals surface area (Å²) in [5, 5.41) is 32.5. The van der Waals surface area contributed by atoms with Gasteiger partial charge in [0.15, 0.2) is 11.6 Å². The van der Waals surface area contributed by atoms with Crippen LogP contribution in [0.3, 0.4) is 0 Å². The molecule has 0 spiro atoms. The maximum absolute atomic E-state index is 11.7. The number of aliphatic carboxylic acids is 1. The zero-order valence-corrected chi connectivity index (χ0v) is 30.4. The smallest absolute Gasteiger partial charge is 0.314 e. The fourth-order valence-corrected chi connectivity index (χ4v) is 9.07. The highest BCUT2D eigenvalue weighted by Gasteiger charge is 2.42. The lowest BCUT2D eigenvalue weighted by molar-refractivity contribution is -0.140. The number of benzene rings is 1. The lowest BCUT2D eigenvalue weighted by atomic mass is 9.87. The molecule has 280 valence electrons. The highest BCUT2D eigenvalue weighted by atomic mass is 16.5. The van der Waals surface area contributed by atoms with Crippen LogP contribution in [0.5, 0.6) is 11.6 Å². The molecule has 4 fully saturated rings. The second-order valence-corrected chi connectivity index (χ2v) is 15.5. The van der Waals surface area contributed by atoms with Gasteiger partial charge in [0.25, 0.3) is 5.88 Å². The van der Waals surface area contributed by atoms with Gasteiger partial charge in [-0.05, 0) is 105 Å². The monoisotopic (exact) mass is 723 g/mol. The van der Waals surface area contributed by atoms with Crippen LogP contribution in [0.25, 0.3) is 11.3 Å². The molecule has 6 heterocycles. The van der Waals surface area contributed by atoms with Gasteiger partial charge in [0.05, 0.1) is 11.4 Å². The van der Waals surface area contributed by atoms with Crippen molar-refractivity contribution in [1.29, 1.82) is 0 Å². The first-order valence-electron chi connectivity index (χ1n) is 19.1. The molecule has 4 N–H and O–H groups in total. The number of fused-ring (bicyclic) bond motifs is 2. The molecule has 53 heavy (non-hydrogen) atoms. The lowest BCUT2D eigenvalue weighted by Gasteiger charge is -2.42. The Kier molecular flexibility index (Phi) is 9.80. The Morgan fingerprint density at radius 2 is 1.60 bits per heavy atom. The highest BCUT2D eigenvalue weighted by Crippen LogP contribution is 2.39. The molecule has 8 rings (SSSR count). The summed E-state index contributed by atoms with van der Waals surface area (Å²) in [6.07, 6.45) is 12.5. The number of carboxylic acids is 1. The van der Waals surface area contributed by atoms with Crippen LogP contribution in [-0.2, 0) is 4.79 Å². The van der Waals surface area contributed by atoms with E-state index in [4.69, 9.17) is 25.0 Å². The van der Waals surface area contributed by atoms with Crippen molar-refractivity contribution in [3.8, 4) is 22.9 Å². The summed E-state index contributed by atoms with van der Waals surface area (Å²) in [4.78, 5) is 28.9. The molecule has 14 nitrogen and oxygen atoms in total. The summed E-state index contributed by atoms with van der Waals surface area (Å²) in [6, 6.07) is 11.8. The normalized spacial score (nSPS) is 24.4. The molecule has 1 aromatic carbocycles. The number of aromatic hydroxyl groups is 1. The van der Waals surface area contributed by atoms with Crippen LogP contribution in [0.2, 0.25) is 0 Å². The highest BCUT2D eigenvalue weighted by molar-refractivity contribution is 5.76. The van der Waals surface area contributed by atoms with Crippen LogP contribution in [0.1, 0.15) is 88.4 Å². The Hall–Kier alpha value is -4.98. The first kappa shape index (κ1) is 35.1. The number of nitrogen functional groups attached to an aromatic ring is 1. The molecule has 3 atom stereocenters. The summed E-state index contributed by atoms with van der Waals surface area (Å²) in [7, 11) is 0. The standard InChI is InChI=1S/C39H49N9O5/c1-23(2)36(38(50)51)34-18-35(45-53-34)52-29-11-9-26(10-12-29)46-15-13-24(14-16-46)25-19-41-39(42-20-25)48-27-7-8-28(48)22-47(21-27)32-17-31(43-44-37(32)40)30-5-3-4-6-33(30)49/h3-6,17-20,23-24,26-29,36,49H,7-16,21-22H2,1-2H3,(H2,40,44)(H,50,51). The molecule has 2 bridgehead atoms. The van der Waals surface area contributed by atoms with E-state index in [0.717, 1.165) is 89.2 Å². The third kappa shape index (κ3) is 7.20. The number of aromatic nitrogens is 5. The zero-order valence-electron chi connectivity index (χ0n) is 30.4. The average molecular weight is 724 g/mol. The minimum absolute atomic E-state index is 0.0617. The molecule has 3 unspecified atom stereocenters. The molecule has 3 aromatic heterocycles. The molecule has 1 aliphatic carbocycles. The van der Waals surface area contributed by atoms with Crippen LogP contribution in [-0.4, -0.2) is 96.8 Å². The topological polar surface area (TPSA) is 180 Å². The molecule has 4 aliphatic rings. The van der Waals surface area contributed by atoms with Crippen LogP contribution in [0.4, 0.5) is 17.5 Å². The maximum Gasteiger partial charge on any atom is 0.314 e. The Balaban J connectivity index is 0.824. The minimum atomic E-state index is -0.914. The third-order valence-electron chi connectivity index (χ3n) is 11.9. The van der Waals surface area contributed by atoms with Crippen molar-refractivity contribution in [2.45, 2.75) is 101 Å². The summed E-state index contributed by atoms with van der Waals surface area (Å²) in [5.74, 6) is 0.792. The molecule has 0 amide bonds. The Morgan fingerprint density at radius 1 is 0.925 bits per heavy atom. The number of hydrogen-bond donors (Lipinski definition) is 3. The SMILES string of the molecule is CC(C)C(C(=O)O)c1cc(OC2CCC(N3CCC(c4cnc(N5C6CCC5CN(c5cc(-c7ccccc7O)nnc5N)C6)nc4)CC3)CC2)no1. The Morgan fingerprint density at radius 3 is 2.26 bits per heavy atom. The van der Waals surface area contributed by atoms with E-state index in [1.807, 2.05) is 32.0 Å². The van der Waals surface area contributed by atoms with Crippen molar-refractivity contribution in [2.24, 2.45) is 5.92 Å². The number of likely N-dealkylation sites (tertiary alicyclic amines) is 1. The van der Waals surface area contributed by atoms with E-state index in [1.54, 1.807) is 18.2 Å². The quantitative estimate of drug-likeness (QED) is 0.188. The molecule has 0 radical (unpaired) electrons. The number of nitrogens with zero attached hydrogens (tertiary/aromatic N) is 8. The first-order valence-corrected chi connectivity index (χ1v) is 19.1. The van der Waals surface area contributed by atoms with E-state index in [2.05, 4.69) is 42.4 Å². The van der Waals surface area contributed by atoms with E-state index < -0.39 is 11.9 Å².